The van der Waals surface area contributed by atoms with Crippen LogP contribution in [0.25, 0.3) is 55.5 Å². The summed E-state index contributed by atoms with van der Waals surface area (Å²) in [6.45, 7) is 0.405. The zero-order valence-electron chi connectivity index (χ0n) is 36.4. The number of rotatable bonds is 14. The quantitative estimate of drug-likeness (QED) is 0.0508. The molecule has 0 spiro atoms. The van der Waals surface area contributed by atoms with Gasteiger partial charge in [-0.05, 0) is 91.7 Å². The summed E-state index contributed by atoms with van der Waals surface area (Å²) >= 11 is 0. The standard InChI is InChI=1S/C45H44N4O15S4/c1-46-43(50)42(44(51)47(2)45(46)52)39-27(15-17-33-29-9-7-11-31-37(67(59,60)61)21-19-35(40(29)31)48(33)23-3-5-25-65(53,54)55)13-14-28(39)16-18-34-30-10-8-12-32-38(68(62,63)64)22-20-36(41(30)32)49(34)24-4-6-26-66(56,57)58/h7-12,15-22H,3-6,13-14,23-26H2,1-2H3,(H,53,54,55)(H,56,57,58)(H,59,60,61)(H,62,63,64). The van der Waals surface area contributed by atoms with Crippen LogP contribution in [0.4, 0.5) is 4.79 Å². The molecule has 1 aliphatic heterocycles. The highest BCUT2D eigenvalue weighted by Gasteiger charge is 2.42. The second-order valence-electron chi connectivity index (χ2n) is 16.6. The maximum Gasteiger partial charge on any atom is 0.333 e. The molecule has 2 fully saturated rings. The van der Waals surface area contributed by atoms with Gasteiger partial charge in [0.15, 0.2) is 0 Å². The molecule has 8 rings (SSSR count). The first-order chi connectivity index (χ1) is 31.9. The number of urea groups is 1. The summed E-state index contributed by atoms with van der Waals surface area (Å²) in [5, 5.41) is 3.58. The molecule has 0 radical (unpaired) electrons. The van der Waals surface area contributed by atoms with Crippen LogP contribution in [0, 0.1) is 0 Å². The maximum absolute atomic E-state index is 14.0. The summed E-state index contributed by atoms with van der Waals surface area (Å²) in [4.78, 5) is 42.0. The Hall–Kier alpha value is -6.05. The lowest BCUT2D eigenvalue weighted by molar-refractivity contribution is -0.134. The molecule has 0 bridgehead atoms. The van der Waals surface area contributed by atoms with Gasteiger partial charge in [0.25, 0.3) is 52.3 Å². The Labute approximate surface area is 389 Å². The van der Waals surface area contributed by atoms with Gasteiger partial charge in [-0.1, -0.05) is 48.6 Å². The van der Waals surface area contributed by atoms with Crippen molar-refractivity contribution in [3.8, 4) is 0 Å². The van der Waals surface area contributed by atoms with Gasteiger partial charge in [0.2, 0.25) is 0 Å². The minimum absolute atomic E-state index is 0.0828. The van der Waals surface area contributed by atoms with E-state index >= 15 is 0 Å². The highest BCUT2D eigenvalue weighted by atomic mass is 32.2. The number of barbiturate groups is 1. The van der Waals surface area contributed by atoms with Crippen LogP contribution in [0.15, 0.2) is 105 Å². The number of hydrogen-bond donors (Lipinski definition) is 4. The van der Waals surface area contributed by atoms with Crippen molar-refractivity contribution >= 4 is 114 Å². The number of allylic oxidation sites excluding steroid dienone is 5. The Kier molecular flexibility index (Phi) is 12.7. The van der Waals surface area contributed by atoms with Crippen LogP contribution in [0.1, 0.15) is 38.5 Å². The molecule has 1 saturated heterocycles. The fraction of sp³-hybridized carbons (Fsp3) is 0.267. The third-order valence-electron chi connectivity index (χ3n) is 12.3. The van der Waals surface area contributed by atoms with E-state index in [1.54, 1.807) is 60.7 Å². The number of likely N-dealkylation sites (N-methyl/N-ethyl adjacent to an activating group) is 2. The largest absolute Gasteiger partial charge is 0.340 e. The number of unbranched alkanes of at least 4 members (excludes halogenated alkanes) is 2. The zero-order chi connectivity index (χ0) is 49.2. The van der Waals surface area contributed by atoms with E-state index in [9.17, 15) is 66.3 Å². The van der Waals surface area contributed by atoms with Crippen molar-refractivity contribution in [1.29, 1.82) is 0 Å². The number of carbonyl (C=O) groups is 3. The van der Waals surface area contributed by atoms with E-state index in [0.717, 1.165) is 9.80 Å². The van der Waals surface area contributed by atoms with E-state index in [4.69, 9.17) is 0 Å². The second kappa shape index (κ2) is 17.8. The topological polar surface area (TPSA) is 285 Å². The number of amides is 4. The van der Waals surface area contributed by atoms with Crippen molar-refractivity contribution < 1.29 is 66.3 Å². The third-order valence-corrected chi connectivity index (χ3v) is 15.8. The van der Waals surface area contributed by atoms with Gasteiger partial charge in [0.05, 0.1) is 11.5 Å². The van der Waals surface area contributed by atoms with E-state index < -0.39 is 69.8 Å². The van der Waals surface area contributed by atoms with Crippen molar-refractivity contribution in [2.45, 2.75) is 61.4 Å². The molecule has 2 aromatic heterocycles. The molecule has 19 nitrogen and oxygen atoms in total. The monoisotopic (exact) mass is 1010 g/mol. The molecule has 23 heteroatoms. The molecular weight excluding hydrogens is 965 g/mol. The summed E-state index contributed by atoms with van der Waals surface area (Å²) in [5.74, 6) is -2.72. The number of aromatic nitrogens is 2. The maximum atomic E-state index is 14.0. The first-order valence-corrected chi connectivity index (χ1v) is 27.2. The SMILES string of the molecule is CN1C(=O)C(=C2C(=CC=c3c4cccc5c(S(=O)(=O)O)ccc(c54)n3CCCCS(=O)(=O)O)CCC2=CC=c2c3cccc4c(S(=O)(=O)O)ccc(c43)n2CCCCS(=O)(=O)O)C(=O)N(C)C1=O. The molecule has 1 aliphatic carbocycles. The van der Waals surface area contributed by atoms with E-state index in [-0.39, 0.29) is 83.3 Å². The highest BCUT2D eigenvalue weighted by molar-refractivity contribution is 7.86. The fourth-order valence-electron chi connectivity index (χ4n) is 9.33. The molecule has 1 saturated carbocycles. The number of aryl methyl sites for hydroxylation is 2. The van der Waals surface area contributed by atoms with Crippen molar-refractivity contribution in [2.75, 3.05) is 25.6 Å². The van der Waals surface area contributed by atoms with Crippen LogP contribution in [-0.2, 0) is 63.2 Å². The lowest BCUT2D eigenvalue weighted by Crippen LogP contribution is -2.53. The first kappa shape index (κ1) is 48.4. The fourth-order valence-corrected chi connectivity index (χ4v) is 11.8. The summed E-state index contributed by atoms with van der Waals surface area (Å²) in [6.07, 6.45) is 8.07. The van der Waals surface area contributed by atoms with Gasteiger partial charge in [-0.2, -0.15) is 33.7 Å². The number of benzene rings is 4. The summed E-state index contributed by atoms with van der Waals surface area (Å²) in [7, 11) is -15.4. The highest BCUT2D eigenvalue weighted by Crippen LogP contribution is 2.40. The minimum Gasteiger partial charge on any atom is -0.340 e. The number of imide groups is 2. The third kappa shape index (κ3) is 9.14. The minimum atomic E-state index is -4.67. The molecular formula is C45H44N4O15S4. The first-order valence-electron chi connectivity index (χ1n) is 21.1. The average Bonchev–Trinajstić information content (AvgIpc) is 3.90. The molecule has 3 heterocycles. The molecule has 358 valence electrons. The van der Waals surface area contributed by atoms with Gasteiger partial charge < -0.3 is 9.13 Å². The van der Waals surface area contributed by atoms with Crippen LogP contribution in [-0.4, -0.2) is 114 Å². The van der Waals surface area contributed by atoms with Crippen molar-refractivity contribution in [1.82, 2.24) is 18.9 Å². The van der Waals surface area contributed by atoms with Crippen LogP contribution in [0.2, 0.25) is 0 Å². The van der Waals surface area contributed by atoms with Crippen LogP contribution in [0.3, 0.4) is 0 Å². The molecule has 68 heavy (non-hydrogen) atoms. The Balaban J connectivity index is 1.35. The predicted molar refractivity (Wildman–Crippen MR) is 253 cm³/mol. The van der Waals surface area contributed by atoms with Gasteiger partial charge in [0.1, 0.15) is 15.4 Å². The van der Waals surface area contributed by atoms with Gasteiger partial charge >= 0.3 is 6.03 Å². The lowest BCUT2D eigenvalue weighted by atomic mass is 9.95. The molecule has 4 aromatic carbocycles. The summed E-state index contributed by atoms with van der Waals surface area (Å²) in [6, 6.07) is 14.5. The van der Waals surface area contributed by atoms with E-state index in [1.807, 2.05) is 9.13 Å². The Morgan fingerprint density at radius 3 is 1.25 bits per heavy atom. The Morgan fingerprint density at radius 1 is 0.500 bits per heavy atom. The molecule has 6 aromatic rings. The van der Waals surface area contributed by atoms with Crippen molar-refractivity contribution in [3.63, 3.8) is 0 Å². The van der Waals surface area contributed by atoms with Crippen molar-refractivity contribution in [3.05, 3.63) is 106 Å². The number of carbonyl (C=O) groups excluding carboxylic acids is 3. The van der Waals surface area contributed by atoms with Crippen molar-refractivity contribution in [2.24, 2.45) is 0 Å². The smallest absolute Gasteiger partial charge is 0.333 e. The zero-order valence-corrected chi connectivity index (χ0v) is 39.6. The second-order valence-corrected chi connectivity index (χ2v) is 22.5. The Morgan fingerprint density at radius 2 is 0.882 bits per heavy atom. The van der Waals surface area contributed by atoms with E-state index in [2.05, 4.69) is 0 Å². The Bertz CT molecular complexity index is 3600. The molecule has 0 unspecified atom stereocenters. The predicted octanol–water partition coefficient (Wildman–Crippen LogP) is 4.42. The van der Waals surface area contributed by atoms with E-state index in [1.165, 1.54) is 38.4 Å². The molecule has 4 N–H and O–H groups in total. The van der Waals surface area contributed by atoms with Crippen LogP contribution < -0.4 is 10.7 Å². The van der Waals surface area contributed by atoms with Crippen LogP contribution in [0.5, 0.6) is 0 Å². The average molecular weight is 1010 g/mol. The van der Waals surface area contributed by atoms with Gasteiger partial charge in [0, 0.05) is 81.2 Å². The number of hydrogen-bond acceptors (Lipinski definition) is 11. The summed E-state index contributed by atoms with van der Waals surface area (Å²) in [5.41, 5.74) is 2.03. The lowest BCUT2D eigenvalue weighted by Gasteiger charge is -2.30. The summed E-state index contributed by atoms with van der Waals surface area (Å²) < 4.78 is 139. The molecule has 2 aliphatic rings. The van der Waals surface area contributed by atoms with E-state index in [0.29, 0.717) is 54.4 Å². The van der Waals surface area contributed by atoms with Gasteiger partial charge in [-0.25, -0.2) is 4.79 Å². The van der Waals surface area contributed by atoms with Gasteiger partial charge in [-0.15, -0.1) is 0 Å². The molecule has 4 amide bonds. The molecule has 0 atom stereocenters. The number of nitrogens with zero attached hydrogens (tertiary/aromatic N) is 4. The normalized spacial score (nSPS) is 17.7. The van der Waals surface area contributed by atoms with Gasteiger partial charge in [-0.3, -0.25) is 37.6 Å². The van der Waals surface area contributed by atoms with Crippen LogP contribution >= 0.6 is 0 Å².